The molecule has 0 unspecified atom stereocenters. The normalized spacial score (nSPS) is 16.4. The van der Waals surface area contributed by atoms with Crippen LogP contribution in [0.4, 0.5) is 5.00 Å². The maximum Gasteiger partial charge on any atom is 0.262 e. The van der Waals surface area contributed by atoms with Crippen molar-refractivity contribution in [2.24, 2.45) is 11.7 Å². The molecular formula is C18H21N3O4S2. The zero-order valence-corrected chi connectivity index (χ0v) is 16.7. The van der Waals surface area contributed by atoms with E-state index in [9.17, 15) is 18.0 Å². The molecule has 0 spiro atoms. The lowest BCUT2D eigenvalue weighted by Gasteiger charge is -2.18. The molecule has 144 valence electrons. The van der Waals surface area contributed by atoms with E-state index >= 15 is 0 Å². The molecule has 7 nitrogen and oxygen atoms in total. The van der Waals surface area contributed by atoms with Crippen molar-refractivity contribution < 1.29 is 18.0 Å². The molecule has 0 radical (unpaired) electrons. The van der Waals surface area contributed by atoms with Crippen molar-refractivity contribution in [1.82, 2.24) is 5.32 Å². The fourth-order valence-corrected chi connectivity index (χ4v) is 5.92. The summed E-state index contributed by atoms with van der Waals surface area (Å²) in [5, 5.41) is 2.74. The lowest BCUT2D eigenvalue weighted by Crippen LogP contribution is -2.20. The van der Waals surface area contributed by atoms with E-state index in [1.165, 1.54) is 42.6 Å². The van der Waals surface area contributed by atoms with Crippen LogP contribution in [0.3, 0.4) is 0 Å². The summed E-state index contributed by atoms with van der Waals surface area (Å²) in [7, 11) is -2.41. The van der Waals surface area contributed by atoms with Gasteiger partial charge in [0.05, 0.1) is 10.5 Å². The molecular weight excluding hydrogens is 386 g/mol. The molecule has 0 fully saturated rings. The molecule has 1 heterocycles. The Morgan fingerprint density at radius 1 is 1.22 bits per heavy atom. The quantitative estimate of drug-likeness (QED) is 0.703. The second-order valence-corrected chi connectivity index (χ2v) is 9.42. The minimum atomic E-state index is -3.91. The summed E-state index contributed by atoms with van der Waals surface area (Å²) in [5.74, 6) is -0.448. The highest BCUT2D eigenvalue weighted by Crippen LogP contribution is 2.40. The van der Waals surface area contributed by atoms with E-state index < -0.39 is 15.9 Å². The number of amides is 2. The third-order valence-corrected chi connectivity index (χ3v) is 7.30. The number of anilines is 1. The molecule has 27 heavy (non-hydrogen) atoms. The van der Waals surface area contributed by atoms with Crippen LogP contribution >= 0.6 is 11.3 Å². The van der Waals surface area contributed by atoms with Gasteiger partial charge in [0.15, 0.2) is 0 Å². The second kappa shape index (κ2) is 7.32. The van der Waals surface area contributed by atoms with Gasteiger partial charge in [0.25, 0.3) is 21.8 Å². The highest BCUT2D eigenvalue weighted by atomic mass is 32.2. The van der Waals surface area contributed by atoms with Gasteiger partial charge < -0.3 is 11.1 Å². The number of thiophene rings is 1. The maximum atomic E-state index is 12.7. The molecule has 1 aromatic carbocycles. The van der Waals surface area contributed by atoms with Crippen LogP contribution in [-0.2, 0) is 22.9 Å². The zero-order valence-electron chi connectivity index (χ0n) is 15.0. The van der Waals surface area contributed by atoms with E-state index in [1.54, 1.807) is 0 Å². The minimum absolute atomic E-state index is 0.00492. The molecule has 0 saturated heterocycles. The predicted molar refractivity (Wildman–Crippen MR) is 105 cm³/mol. The van der Waals surface area contributed by atoms with Crippen molar-refractivity contribution >= 4 is 38.2 Å². The molecule has 1 aromatic heterocycles. The van der Waals surface area contributed by atoms with Crippen LogP contribution < -0.4 is 15.8 Å². The molecule has 3 rings (SSSR count). The first-order chi connectivity index (χ1) is 12.7. The molecule has 1 atom stereocenters. The van der Waals surface area contributed by atoms with Gasteiger partial charge in [-0.15, -0.1) is 11.3 Å². The van der Waals surface area contributed by atoms with E-state index in [0.717, 1.165) is 23.3 Å². The van der Waals surface area contributed by atoms with Gasteiger partial charge in [0, 0.05) is 17.5 Å². The first kappa shape index (κ1) is 19.4. The topological polar surface area (TPSA) is 118 Å². The van der Waals surface area contributed by atoms with Gasteiger partial charge in [-0.1, -0.05) is 6.92 Å². The van der Waals surface area contributed by atoms with Crippen molar-refractivity contribution in [2.45, 2.75) is 31.1 Å². The number of hydrogen-bond donors (Lipinski definition) is 3. The third kappa shape index (κ3) is 3.84. The van der Waals surface area contributed by atoms with Crippen LogP contribution in [0, 0.1) is 5.92 Å². The largest absolute Gasteiger partial charge is 0.365 e. The number of carbonyl (C=O) groups is 2. The number of nitrogens with one attached hydrogen (secondary N) is 2. The third-order valence-electron chi connectivity index (χ3n) is 4.64. The van der Waals surface area contributed by atoms with Crippen molar-refractivity contribution in [3.63, 3.8) is 0 Å². The number of nitrogens with two attached hydrogens (primary N) is 1. The summed E-state index contributed by atoms with van der Waals surface area (Å²) in [6.07, 6.45) is 2.47. The number of fused-ring (bicyclic) bond motifs is 1. The summed E-state index contributed by atoms with van der Waals surface area (Å²) in [6.45, 7) is 2.13. The van der Waals surface area contributed by atoms with E-state index in [4.69, 9.17) is 5.73 Å². The Labute approximate surface area is 162 Å². The molecule has 0 bridgehead atoms. The van der Waals surface area contributed by atoms with E-state index in [0.29, 0.717) is 17.9 Å². The zero-order chi connectivity index (χ0) is 19.8. The fourth-order valence-electron chi connectivity index (χ4n) is 3.19. The standard InChI is InChI=1S/C18H21N3O4S2/c1-10-3-8-13-14(9-10)26-18(15(13)16(19)22)21-27(24,25)12-6-4-11(5-7-12)17(23)20-2/h4-7,10,21H,3,8-9H2,1-2H3,(H2,19,22)(H,20,23)/t10-/m0/s1. The Morgan fingerprint density at radius 2 is 1.89 bits per heavy atom. The lowest BCUT2D eigenvalue weighted by atomic mass is 9.88. The predicted octanol–water partition coefficient (Wildman–Crippen LogP) is 2.13. The van der Waals surface area contributed by atoms with Crippen molar-refractivity contribution in [3.8, 4) is 0 Å². The highest BCUT2D eigenvalue weighted by Gasteiger charge is 2.28. The Kier molecular flexibility index (Phi) is 5.25. The van der Waals surface area contributed by atoms with Gasteiger partial charge >= 0.3 is 0 Å². The average Bonchev–Trinajstić information content (AvgIpc) is 2.97. The fraction of sp³-hybridized carbons (Fsp3) is 0.333. The molecule has 4 N–H and O–H groups in total. The molecule has 1 aliphatic rings. The van der Waals surface area contributed by atoms with Crippen LogP contribution in [0.1, 0.15) is 44.5 Å². The number of sulfonamides is 1. The van der Waals surface area contributed by atoms with Crippen molar-refractivity contribution in [3.05, 3.63) is 45.8 Å². The minimum Gasteiger partial charge on any atom is -0.365 e. The lowest BCUT2D eigenvalue weighted by molar-refractivity contribution is 0.0961. The number of carbonyl (C=O) groups excluding carboxylic acids is 2. The first-order valence-corrected chi connectivity index (χ1v) is 10.8. The van der Waals surface area contributed by atoms with Gasteiger partial charge in [-0.25, -0.2) is 8.42 Å². The van der Waals surface area contributed by atoms with Crippen LogP contribution in [0.15, 0.2) is 29.2 Å². The molecule has 0 aliphatic heterocycles. The van der Waals surface area contributed by atoms with Crippen molar-refractivity contribution in [1.29, 1.82) is 0 Å². The van der Waals surface area contributed by atoms with Crippen LogP contribution in [0.5, 0.6) is 0 Å². The number of primary amides is 1. The summed E-state index contributed by atoms with van der Waals surface area (Å²) in [5.41, 5.74) is 7.02. The number of hydrogen-bond acceptors (Lipinski definition) is 5. The van der Waals surface area contributed by atoms with Crippen LogP contribution in [-0.4, -0.2) is 27.3 Å². The Balaban J connectivity index is 1.94. The van der Waals surface area contributed by atoms with Gasteiger partial charge in [-0.05, 0) is 55.0 Å². The molecule has 0 saturated carbocycles. The smallest absolute Gasteiger partial charge is 0.262 e. The Morgan fingerprint density at radius 3 is 2.48 bits per heavy atom. The van der Waals surface area contributed by atoms with E-state index in [2.05, 4.69) is 17.0 Å². The van der Waals surface area contributed by atoms with Gasteiger partial charge in [-0.2, -0.15) is 0 Å². The van der Waals surface area contributed by atoms with Gasteiger partial charge in [0.1, 0.15) is 5.00 Å². The Bertz CT molecular complexity index is 994. The number of benzene rings is 1. The van der Waals surface area contributed by atoms with E-state index in [1.807, 2.05) is 0 Å². The van der Waals surface area contributed by atoms with Gasteiger partial charge in [0.2, 0.25) is 0 Å². The molecule has 1 aliphatic carbocycles. The van der Waals surface area contributed by atoms with Crippen LogP contribution in [0.2, 0.25) is 0 Å². The Hall–Kier alpha value is -2.39. The van der Waals surface area contributed by atoms with Crippen molar-refractivity contribution in [2.75, 3.05) is 11.8 Å². The molecule has 9 heteroatoms. The van der Waals surface area contributed by atoms with E-state index in [-0.39, 0.29) is 21.4 Å². The summed E-state index contributed by atoms with van der Waals surface area (Å²) < 4.78 is 28.0. The summed E-state index contributed by atoms with van der Waals surface area (Å²) >= 11 is 1.27. The summed E-state index contributed by atoms with van der Waals surface area (Å²) in [6, 6.07) is 5.58. The molecule has 2 aromatic rings. The summed E-state index contributed by atoms with van der Waals surface area (Å²) in [4.78, 5) is 24.6. The van der Waals surface area contributed by atoms with Crippen LogP contribution in [0.25, 0.3) is 0 Å². The second-order valence-electron chi connectivity index (χ2n) is 6.63. The highest BCUT2D eigenvalue weighted by molar-refractivity contribution is 7.93. The maximum absolute atomic E-state index is 12.7. The van der Waals surface area contributed by atoms with Gasteiger partial charge in [-0.3, -0.25) is 14.3 Å². The first-order valence-electron chi connectivity index (χ1n) is 8.52. The molecule has 2 amide bonds. The number of rotatable bonds is 5. The average molecular weight is 408 g/mol. The monoisotopic (exact) mass is 407 g/mol. The SMILES string of the molecule is CNC(=O)c1ccc(S(=O)(=O)Nc2sc3c(c2C(N)=O)CC[C@H](C)C3)cc1.